The summed E-state index contributed by atoms with van der Waals surface area (Å²) in [5.74, 6) is 1.92. The average Bonchev–Trinajstić information content (AvgIpc) is 3.62. The smallest absolute Gasteiger partial charge is 0.130 e. The third kappa shape index (κ3) is 4.51. The van der Waals surface area contributed by atoms with Crippen molar-refractivity contribution in [3.05, 3.63) is 71.8 Å². The number of pyridine rings is 2. The predicted molar refractivity (Wildman–Crippen MR) is 142 cm³/mol. The molecule has 4 aromatic rings. The lowest BCUT2D eigenvalue weighted by atomic mass is 9.99. The molecule has 0 radical (unpaired) electrons. The van der Waals surface area contributed by atoms with E-state index >= 15 is 0 Å². The van der Waals surface area contributed by atoms with Gasteiger partial charge in [0.2, 0.25) is 0 Å². The topological polar surface area (TPSA) is 62.1 Å². The van der Waals surface area contributed by atoms with Crippen molar-refractivity contribution in [3.8, 4) is 11.1 Å². The molecule has 0 bridgehead atoms. The number of hydrogen-bond donors (Lipinski definition) is 1. The molecule has 1 aromatic carbocycles. The van der Waals surface area contributed by atoms with Crippen LogP contribution in [0.15, 0.2) is 60.7 Å². The Morgan fingerprint density at radius 1 is 0.914 bits per heavy atom. The minimum absolute atomic E-state index is 0.867. The van der Waals surface area contributed by atoms with Gasteiger partial charge >= 0.3 is 0 Å². The molecular formula is C28H31N7. The second-order valence-electron chi connectivity index (χ2n) is 9.78. The lowest BCUT2D eigenvalue weighted by molar-refractivity contribution is 0.312. The van der Waals surface area contributed by atoms with Gasteiger partial charge in [0, 0.05) is 74.0 Å². The minimum Gasteiger partial charge on any atom is -0.354 e. The van der Waals surface area contributed by atoms with Crippen molar-refractivity contribution in [1.29, 1.82) is 0 Å². The van der Waals surface area contributed by atoms with Gasteiger partial charge in [-0.1, -0.05) is 0 Å². The Labute approximate surface area is 206 Å². The summed E-state index contributed by atoms with van der Waals surface area (Å²) in [6.45, 7) is 6.30. The van der Waals surface area contributed by atoms with Crippen molar-refractivity contribution in [2.24, 2.45) is 7.05 Å². The number of aryl methyl sites for hydroxylation is 2. The second-order valence-corrected chi connectivity index (χ2v) is 9.78. The van der Waals surface area contributed by atoms with Gasteiger partial charge in [0.05, 0.1) is 6.20 Å². The fraction of sp³-hybridized carbons (Fsp3) is 0.321. The van der Waals surface area contributed by atoms with Gasteiger partial charge in [-0.3, -0.25) is 4.68 Å². The van der Waals surface area contributed by atoms with Crippen LogP contribution in [-0.2, 0) is 7.05 Å². The summed E-state index contributed by atoms with van der Waals surface area (Å²) in [7, 11) is 4.13. The number of fused-ring (bicyclic) bond motifs is 1. The van der Waals surface area contributed by atoms with E-state index in [1.807, 2.05) is 30.3 Å². The average molecular weight is 466 g/mol. The first kappa shape index (κ1) is 21.8. The van der Waals surface area contributed by atoms with Crippen molar-refractivity contribution >= 4 is 28.1 Å². The Balaban J connectivity index is 1.31. The number of likely N-dealkylation sites (N-methyl/N-ethyl adjacent to an activating group) is 1. The number of piperazine rings is 1. The number of nitrogens with one attached hydrogen (secondary N) is 1. The zero-order valence-electron chi connectivity index (χ0n) is 20.6. The SMILES string of the molecule is Cc1cc2cnc(NC(=C3CC3)c3ccnc(N4CCN(C)CC4)c3)cc2cc1-c1cnn(C)c1. The first-order valence-corrected chi connectivity index (χ1v) is 12.3. The van der Waals surface area contributed by atoms with Gasteiger partial charge in [-0.2, -0.15) is 5.10 Å². The monoisotopic (exact) mass is 465 g/mol. The largest absolute Gasteiger partial charge is 0.354 e. The summed E-state index contributed by atoms with van der Waals surface area (Å²) in [6, 6.07) is 10.9. The summed E-state index contributed by atoms with van der Waals surface area (Å²) < 4.78 is 1.84. The summed E-state index contributed by atoms with van der Waals surface area (Å²) in [4.78, 5) is 14.2. The predicted octanol–water partition coefficient (Wildman–Crippen LogP) is 4.71. The normalized spacial score (nSPS) is 16.1. The molecule has 1 aliphatic carbocycles. The van der Waals surface area contributed by atoms with Crippen molar-refractivity contribution in [2.75, 3.05) is 43.4 Å². The molecule has 7 nitrogen and oxygen atoms in total. The molecule has 0 atom stereocenters. The fourth-order valence-electron chi connectivity index (χ4n) is 4.83. The Kier molecular flexibility index (Phi) is 5.49. The molecule has 2 fully saturated rings. The van der Waals surface area contributed by atoms with Crippen LogP contribution in [0.2, 0.25) is 0 Å². The van der Waals surface area contributed by atoms with Gasteiger partial charge in [0.25, 0.3) is 0 Å². The minimum atomic E-state index is 0.867. The molecule has 1 saturated carbocycles. The van der Waals surface area contributed by atoms with Gasteiger partial charge in [-0.05, 0) is 79.2 Å². The first-order valence-electron chi connectivity index (χ1n) is 12.3. The Bertz CT molecular complexity index is 1420. The van der Waals surface area contributed by atoms with E-state index in [1.54, 1.807) is 0 Å². The lowest BCUT2D eigenvalue weighted by Crippen LogP contribution is -2.44. The number of aromatic nitrogens is 4. The van der Waals surface area contributed by atoms with Crippen LogP contribution in [0.3, 0.4) is 0 Å². The molecular weight excluding hydrogens is 434 g/mol. The van der Waals surface area contributed by atoms with Gasteiger partial charge in [0.15, 0.2) is 0 Å². The van der Waals surface area contributed by atoms with E-state index in [2.05, 4.69) is 75.7 Å². The number of nitrogens with zero attached hydrogens (tertiary/aromatic N) is 6. The number of allylic oxidation sites excluding steroid dienone is 1. The summed E-state index contributed by atoms with van der Waals surface area (Å²) in [5, 5.41) is 10.3. The van der Waals surface area contributed by atoms with Crippen LogP contribution in [0.4, 0.5) is 11.6 Å². The fourth-order valence-corrected chi connectivity index (χ4v) is 4.83. The Morgan fingerprint density at radius 2 is 1.74 bits per heavy atom. The Hall–Kier alpha value is -3.71. The quantitative estimate of drug-likeness (QED) is 0.461. The Morgan fingerprint density at radius 3 is 2.49 bits per heavy atom. The standard InChI is InChI=1S/C28H31N7/c1-19-12-23-16-30-26(14-22(23)13-25(19)24-17-31-34(3)18-24)32-28(20-4-5-20)21-6-7-29-27(15-21)35-10-8-33(2)9-11-35/h6-7,12-18H,4-5,8-11H2,1-3H3,(H,30,32). The first-order chi connectivity index (χ1) is 17.0. The van der Waals surface area contributed by atoms with E-state index in [0.29, 0.717) is 0 Å². The molecule has 0 spiro atoms. The molecule has 2 aliphatic rings. The van der Waals surface area contributed by atoms with Gasteiger partial charge < -0.3 is 15.1 Å². The van der Waals surface area contributed by atoms with Crippen LogP contribution < -0.4 is 10.2 Å². The third-order valence-corrected chi connectivity index (χ3v) is 7.05. The van der Waals surface area contributed by atoms with Crippen LogP contribution >= 0.6 is 0 Å². The molecule has 6 rings (SSSR count). The molecule has 178 valence electrons. The zero-order valence-corrected chi connectivity index (χ0v) is 20.6. The number of rotatable bonds is 5. The van der Waals surface area contributed by atoms with Crippen molar-refractivity contribution in [2.45, 2.75) is 19.8 Å². The molecule has 35 heavy (non-hydrogen) atoms. The maximum absolute atomic E-state index is 4.76. The molecule has 0 amide bonds. The van der Waals surface area contributed by atoms with Crippen molar-refractivity contribution < 1.29 is 0 Å². The number of benzene rings is 1. The van der Waals surface area contributed by atoms with E-state index in [0.717, 1.165) is 61.6 Å². The van der Waals surface area contributed by atoms with E-state index < -0.39 is 0 Å². The van der Waals surface area contributed by atoms with Gasteiger partial charge in [-0.15, -0.1) is 0 Å². The lowest BCUT2D eigenvalue weighted by Gasteiger charge is -2.33. The summed E-state index contributed by atoms with van der Waals surface area (Å²) in [5.41, 5.74) is 7.36. The molecule has 0 unspecified atom stereocenters. The van der Waals surface area contributed by atoms with Gasteiger partial charge in [0.1, 0.15) is 11.6 Å². The second kappa shape index (κ2) is 8.82. The van der Waals surface area contributed by atoms with Crippen LogP contribution in [0.25, 0.3) is 27.6 Å². The van der Waals surface area contributed by atoms with Crippen LogP contribution in [-0.4, -0.2) is 57.9 Å². The van der Waals surface area contributed by atoms with E-state index in [4.69, 9.17) is 4.98 Å². The highest BCUT2D eigenvalue weighted by atomic mass is 15.3. The maximum Gasteiger partial charge on any atom is 0.130 e. The van der Waals surface area contributed by atoms with Gasteiger partial charge in [-0.25, -0.2) is 9.97 Å². The van der Waals surface area contributed by atoms with E-state index in [9.17, 15) is 0 Å². The molecule has 4 heterocycles. The van der Waals surface area contributed by atoms with Crippen LogP contribution in [0.1, 0.15) is 24.0 Å². The molecule has 1 N–H and O–H groups in total. The molecule has 1 saturated heterocycles. The molecule has 1 aliphatic heterocycles. The van der Waals surface area contributed by atoms with E-state index in [-0.39, 0.29) is 0 Å². The highest BCUT2D eigenvalue weighted by Crippen LogP contribution is 2.38. The van der Waals surface area contributed by atoms with Crippen molar-refractivity contribution in [1.82, 2.24) is 24.6 Å². The van der Waals surface area contributed by atoms with Crippen LogP contribution in [0.5, 0.6) is 0 Å². The summed E-state index contributed by atoms with van der Waals surface area (Å²) >= 11 is 0. The number of hydrogen-bond acceptors (Lipinski definition) is 6. The third-order valence-electron chi connectivity index (χ3n) is 7.05. The highest BCUT2D eigenvalue weighted by molar-refractivity contribution is 5.91. The van der Waals surface area contributed by atoms with E-state index in [1.165, 1.54) is 33.3 Å². The van der Waals surface area contributed by atoms with Crippen LogP contribution in [0, 0.1) is 6.92 Å². The highest BCUT2D eigenvalue weighted by Gasteiger charge is 2.22. The maximum atomic E-state index is 4.76. The summed E-state index contributed by atoms with van der Waals surface area (Å²) in [6.07, 6.45) is 10.1. The molecule has 3 aromatic heterocycles. The zero-order chi connectivity index (χ0) is 23.9. The number of anilines is 2. The molecule has 7 heteroatoms. The van der Waals surface area contributed by atoms with Crippen molar-refractivity contribution in [3.63, 3.8) is 0 Å².